The Kier molecular flexibility index (Phi) is 4.28. The fraction of sp³-hybridized carbons (Fsp3) is 0.500. The highest BCUT2D eigenvalue weighted by atomic mass is 15.1. The summed E-state index contributed by atoms with van der Waals surface area (Å²) in [6.45, 7) is 4.94. The van der Waals surface area contributed by atoms with Crippen molar-refractivity contribution in [3.8, 4) is 0 Å². The first-order valence-corrected chi connectivity index (χ1v) is 5.30. The third kappa shape index (κ3) is 3.70. The van der Waals surface area contributed by atoms with E-state index >= 15 is 0 Å². The van der Waals surface area contributed by atoms with Gasteiger partial charge in [0.1, 0.15) is 0 Å². The molecular weight excluding hydrogens is 186 g/mol. The fourth-order valence-corrected chi connectivity index (χ4v) is 1.39. The van der Waals surface area contributed by atoms with Crippen LogP contribution in [0.1, 0.15) is 19.5 Å². The highest BCUT2D eigenvalue weighted by molar-refractivity contribution is 5.80. The Labute approximate surface area is 91.7 Å². The number of nitrogens with one attached hydrogen (secondary N) is 1. The van der Waals surface area contributed by atoms with E-state index in [0.29, 0.717) is 11.8 Å². The molecule has 1 aromatic heterocycles. The average molecular weight is 205 g/mol. The number of amidine groups is 1. The lowest BCUT2D eigenvalue weighted by Gasteiger charge is -2.22. The Hall–Kier alpha value is -1.38. The molecule has 0 unspecified atom stereocenters. The van der Waals surface area contributed by atoms with E-state index in [1.54, 1.807) is 0 Å². The van der Waals surface area contributed by atoms with E-state index in [1.165, 1.54) is 0 Å². The molecular formula is C12H19N3. The van der Waals surface area contributed by atoms with E-state index in [-0.39, 0.29) is 0 Å². The molecule has 0 aliphatic heterocycles. The Morgan fingerprint density at radius 1 is 1.47 bits per heavy atom. The first-order valence-electron chi connectivity index (χ1n) is 5.30. The summed E-state index contributed by atoms with van der Waals surface area (Å²) in [5.41, 5.74) is 1.08. The molecule has 1 N–H and O–H groups in total. The molecule has 0 saturated heterocycles. The summed E-state index contributed by atoms with van der Waals surface area (Å²) >= 11 is 0. The lowest BCUT2D eigenvalue weighted by Crippen LogP contribution is -2.31. The molecule has 0 aliphatic carbocycles. The number of aromatic nitrogens is 1. The van der Waals surface area contributed by atoms with Crippen molar-refractivity contribution in [2.24, 2.45) is 5.92 Å². The van der Waals surface area contributed by atoms with E-state index in [9.17, 15) is 0 Å². The normalized spacial score (nSPS) is 10.4. The van der Waals surface area contributed by atoms with E-state index < -0.39 is 0 Å². The van der Waals surface area contributed by atoms with Crippen LogP contribution in [-0.2, 0) is 6.42 Å². The third-order valence-electron chi connectivity index (χ3n) is 2.39. The molecule has 0 saturated carbocycles. The molecule has 0 radical (unpaired) electrons. The van der Waals surface area contributed by atoms with Gasteiger partial charge in [0, 0.05) is 37.8 Å². The topological polar surface area (TPSA) is 40.0 Å². The van der Waals surface area contributed by atoms with Crippen LogP contribution in [0, 0.1) is 11.3 Å². The molecule has 0 fully saturated rings. The van der Waals surface area contributed by atoms with Crippen LogP contribution in [0.4, 0.5) is 0 Å². The molecule has 0 aliphatic rings. The summed E-state index contributed by atoms with van der Waals surface area (Å²) in [5.74, 6) is 0.977. The van der Waals surface area contributed by atoms with Crippen LogP contribution in [0.25, 0.3) is 0 Å². The van der Waals surface area contributed by atoms with Crippen LogP contribution in [0.5, 0.6) is 0 Å². The maximum atomic E-state index is 7.82. The van der Waals surface area contributed by atoms with Gasteiger partial charge in [-0.3, -0.25) is 10.4 Å². The van der Waals surface area contributed by atoms with Crippen LogP contribution < -0.4 is 0 Å². The van der Waals surface area contributed by atoms with Gasteiger partial charge in [-0.05, 0) is 12.1 Å². The molecule has 82 valence electrons. The maximum absolute atomic E-state index is 7.82. The van der Waals surface area contributed by atoms with Crippen molar-refractivity contribution in [3.05, 3.63) is 30.1 Å². The molecule has 0 bridgehead atoms. The summed E-state index contributed by atoms with van der Waals surface area (Å²) in [6.07, 6.45) is 2.70. The van der Waals surface area contributed by atoms with Crippen molar-refractivity contribution in [2.45, 2.75) is 20.3 Å². The van der Waals surface area contributed by atoms with Crippen LogP contribution in [0.3, 0.4) is 0 Å². The predicted molar refractivity (Wildman–Crippen MR) is 63.1 cm³/mol. The van der Waals surface area contributed by atoms with Gasteiger partial charge in [-0.1, -0.05) is 19.9 Å². The van der Waals surface area contributed by atoms with E-state index in [2.05, 4.69) is 4.98 Å². The highest BCUT2D eigenvalue weighted by Gasteiger charge is 2.08. The van der Waals surface area contributed by atoms with Crippen molar-refractivity contribution in [1.82, 2.24) is 9.88 Å². The van der Waals surface area contributed by atoms with Gasteiger partial charge in [0.2, 0.25) is 0 Å². The van der Waals surface area contributed by atoms with Gasteiger partial charge in [-0.2, -0.15) is 0 Å². The number of rotatable bonds is 4. The highest BCUT2D eigenvalue weighted by Crippen LogP contribution is 2.02. The number of hydrogen-bond acceptors (Lipinski definition) is 2. The SMILES string of the molecule is CC(C)C(=N)N(C)CCc1ccccn1. The maximum Gasteiger partial charge on any atom is 0.0981 e. The van der Waals surface area contributed by atoms with Crippen LogP contribution in [0.2, 0.25) is 0 Å². The second-order valence-electron chi connectivity index (χ2n) is 4.03. The number of likely N-dealkylation sites (N-methyl/N-ethyl adjacent to an activating group) is 1. The summed E-state index contributed by atoms with van der Waals surface area (Å²) in [6, 6.07) is 5.94. The largest absolute Gasteiger partial charge is 0.363 e. The lowest BCUT2D eigenvalue weighted by molar-refractivity contribution is 0.474. The van der Waals surface area contributed by atoms with E-state index in [4.69, 9.17) is 5.41 Å². The standard InChI is InChI=1S/C12H19N3/c1-10(2)12(13)15(3)9-7-11-6-4-5-8-14-11/h4-6,8,10,13H,7,9H2,1-3H3. The summed E-state index contributed by atoms with van der Waals surface area (Å²) < 4.78 is 0. The van der Waals surface area contributed by atoms with E-state index in [0.717, 1.165) is 18.7 Å². The Balaban J connectivity index is 2.41. The van der Waals surface area contributed by atoms with Gasteiger partial charge in [-0.15, -0.1) is 0 Å². The van der Waals surface area contributed by atoms with Crippen molar-refractivity contribution >= 4 is 5.84 Å². The predicted octanol–water partition coefficient (Wildman–Crippen LogP) is 2.19. The van der Waals surface area contributed by atoms with Gasteiger partial charge < -0.3 is 4.90 Å². The van der Waals surface area contributed by atoms with Crippen molar-refractivity contribution in [2.75, 3.05) is 13.6 Å². The van der Waals surface area contributed by atoms with Gasteiger partial charge in [0.05, 0.1) is 5.84 Å². The summed E-state index contributed by atoms with van der Waals surface area (Å²) in [7, 11) is 1.96. The van der Waals surface area contributed by atoms with Gasteiger partial charge in [0.25, 0.3) is 0 Å². The van der Waals surface area contributed by atoms with Crippen molar-refractivity contribution < 1.29 is 0 Å². The van der Waals surface area contributed by atoms with Gasteiger partial charge in [0.15, 0.2) is 0 Å². The first-order chi connectivity index (χ1) is 7.11. The number of pyridine rings is 1. The zero-order chi connectivity index (χ0) is 11.3. The minimum absolute atomic E-state index is 0.290. The number of hydrogen-bond donors (Lipinski definition) is 1. The molecule has 0 atom stereocenters. The Bertz CT molecular complexity index is 306. The molecule has 3 nitrogen and oxygen atoms in total. The minimum Gasteiger partial charge on any atom is -0.363 e. The quantitative estimate of drug-likeness (QED) is 0.604. The van der Waals surface area contributed by atoms with E-state index in [1.807, 2.05) is 50.2 Å². The summed E-state index contributed by atoms with van der Waals surface area (Å²) in [5, 5.41) is 7.82. The average Bonchev–Trinajstić information content (AvgIpc) is 2.26. The van der Waals surface area contributed by atoms with Crippen molar-refractivity contribution in [1.29, 1.82) is 5.41 Å². The third-order valence-corrected chi connectivity index (χ3v) is 2.39. The Morgan fingerprint density at radius 3 is 2.73 bits per heavy atom. The summed E-state index contributed by atoms with van der Waals surface area (Å²) in [4.78, 5) is 6.24. The van der Waals surface area contributed by atoms with Gasteiger partial charge >= 0.3 is 0 Å². The smallest absolute Gasteiger partial charge is 0.0981 e. The first kappa shape index (κ1) is 11.7. The molecule has 0 amide bonds. The number of nitrogens with zero attached hydrogens (tertiary/aromatic N) is 2. The molecule has 1 aromatic rings. The molecule has 0 aromatic carbocycles. The fourth-order valence-electron chi connectivity index (χ4n) is 1.39. The molecule has 1 heterocycles. The zero-order valence-electron chi connectivity index (χ0n) is 9.70. The second kappa shape index (κ2) is 5.49. The van der Waals surface area contributed by atoms with Crippen LogP contribution in [0.15, 0.2) is 24.4 Å². The van der Waals surface area contributed by atoms with Gasteiger partial charge in [-0.25, -0.2) is 0 Å². The molecule has 15 heavy (non-hydrogen) atoms. The molecule has 1 rings (SSSR count). The monoisotopic (exact) mass is 205 g/mol. The van der Waals surface area contributed by atoms with Crippen LogP contribution in [-0.4, -0.2) is 29.3 Å². The Morgan fingerprint density at radius 2 is 2.20 bits per heavy atom. The zero-order valence-corrected chi connectivity index (χ0v) is 9.70. The molecule has 3 heteroatoms. The molecule has 0 spiro atoms. The lowest BCUT2D eigenvalue weighted by atomic mass is 10.1. The minimum atomic E-state index is 0.290. The van der Waals surface area contributed by atoms with Crippen molar-refractivity contribution in [3.63, 3.8) is 0 Å². The van der Waals surface area contributed by atoms with Crippen LogP contribution >= 0.6 is 0 Å². The second-order valence-corrected chi connectivity index (χ2v) is 4.03.